The molecule has 18 rings (SSSR count). The van der Waals surface area contributed by atoms with Gasteiger partial charge in [-0.25, -0.2) is 32.9 Å². The predicted molar refractivity (Wildman–Crippen MR) is 385 cm³/mol. The van der Waals surface area contributed by atoms with E-state index in [1.165, 1.54) is 17.1 Å². The standard InChI is InChI=1S/C80H84F3N15O2/c1-80(2,43-68-78-64-6-4-8-66(82)73(64)76(98(78)51-87-68)54-25-33-90(34-26-54)59-14-18-61(19-15-59)92-37-29-84-30-38-92)100-79(99)94-41-39-93(40-42-94)62-20-16-60(17-21-62)91-35-27-55(28-36-91)77-74-67(83)22-11-56(71(74)70-46-86-50-97(70)77)47-95-48-57(44-88-95)52-9-12-58(13-10-52)89-31-23-53(24-32-89)75-72-63(5-3-7-65(72)81)69-45-85-49-96(69)75/h3-22,44-46,48-51,53-55,75-77,84H,23-43,47H2,1-2H3. The summed E-state index contributed by atoms with van der Waals surface area (Å²) in [7, 11) is 0. The number of carbonyl (C=O) groups is 1. The Morgan fingerprint density at radius 2 is 0.980 bits per heavy atom. The number of imidazole rings is 3. The van der Waals surface area contributed by atoms with Gasteiger partial charge in [-0.15, -0.1) is 0 Å². The topological polar surface area (TPSA) is 129 Å². The van der Waals surface area contributed by atoms with Crippen LogP contribution in [0.25, 0.3) is 44.9 Å². The smallest absolute Gasteiger partial charge is 0.410 e. The molecule has 0 saturated carbocycles. The number of benzene rings is 6. The summed E-state index contributed by atoms with van der Waals surface area (Å²) >= 11 is 0. The van der Waals surface area contributed by atoms with E-state index < -0.39 is 5.60 Å². The van der Waals surface area contributed by atoms with Crippen LogP contribution in [0.15, 0.2) is 165 Å². The summed E-state index contributed by atoms with van der Waals surface area (Å²) in [6, 6.07) is 40.6. The van der Waals surface area contributed by atoms with Gasteiger partial charge >= 0.3 is 6.09 Å². The number of fused-ring (bicyclic) bond motifs is 9. The van der Waals surface area contributed by atoms with Crippen molar-refractivity contribution in [3.8, 4) is 44.9 Å². The van der Waals surface area contributed by atoms with Crippen molar-refractivity contribution in [2.75, 3.05) is 116 Å². The highest BCUT2D eigenvalue weighted by Gasteiger charge is 2.44. The Hall–Kier alpha value is -9.82. The number of hydrogen-bond donors (Lipinski definition) is 1. The molecule has 5 fully saturated rings. The summed E-state index contributed by atoms with van der Waals surface area (Å²) in [6.07, 6.45) is 19.0. The van der Waals surface area contributed by atoms with Gasteiger partial charge in [0.05, 0.1) is 85.0 Å². The summed E-state index contributed by atoms with van der Waals surface area (Å²) in [4.78, 5) is 41.9. The Bertz CT molecular complexity index is 4660. The number of piperidine rings is 3. The maximum absolute atomic E-state index is 16.5. The molecule has 20 heteroatoms. The molecule has 100 heavy (non-hydrogen) atoms. The quantitative estimate of drug-likeness (QED) is 0.111. The molecule has 3 unspecified atom stereocenters. The number of rotatable bonds is 14. The van der Waals surface area contributed by atoms with E-state index in [1.807, 2.05) is 79.2 Å². The van der Waals surface area contributed by atoms with Crippen molar-refractivity contribution in [3.63, 3.8) is 0 Å². The first-order valence-corrected chi connectivity index (χ1v) is 36.2. The van der Waals surface area contributed by atoms with Gasteiger partial charge in [0.1, 0.15) is 23.1 Å². The zero-order valence-electron chi connectivity index (χ0n) is 56.8. The third-order valence-corrected chi connectivity index (χ3v) is 23.4. The lowest BCUT2D eigenvalue weighted by Gasteiger charge is -2.38. The van der Waals surface area contributed by atoms with E-state index in [2.05, 4.69) is 132 Å². The van der Waals surface area contributed by atoms with Crippen LogP contribution in [0.5, 0.6) is 0 Å². The molecule has 3 atom stereocenters. The molecule has 1 N–H and O–H groups in total. The van der Waals surface area contributed by atoms with Crippen molar-refractivity contribution in [2.45, 2.75) is 89.1 Å². The van der Waals surface area contributed by atoms with Gasteiger partial charge in [0.15, 0.2) is 0 Å². The van der Waals surface area contributed by atoms with Crippen LogP contribution in [0.1, 0.15) is 98.4 Å². The molecule has 17 nitrogen and oxygen atoms in total. The van der Waals surface area contributed by atoms with E-state index in [-0.39, 0.29) is 53.5 Å². The molecule has 5 saturated heterocycles. The van der Waals surface area contributed by atoms with Crippen LogP contribution in [0.3, 0.4) is 0 Å². The molecule has 10 aromatic rings. The molecule has 0 bridgehead atoms. The maximum Gasteiger partial charge on any atom is 0.410 e. The summed E-state index contributed by atoms with van der Waals surface area (Å²) in [5.74, 6) is 0.282. The SMILES string of the molecule is CC(C)(Cc1ncn2c1-c1cccc(F)c1C2C1CCN(c2ccc(N3CCNCC3)cc2)CC1)OC(=O)N1CCN(c2ccc(N3CCC(C4c5c(F)ccc(Cn6cc(-c7ccc(N8CCC(C9c%10c(F)cccc%10-c%10cncn%109)CC8)cc7)cn6)c5-c5cncn54)CC3)cc2)CC1. The van der Waals surface area contributed by atoms with Crippen molar-refractivity contribution in [1.29, 1.82) is 0 Å². The van der Waals surface area contributed by atoms with Crippen LogP contribution in [0.2, 0.25) is 0 Å². The molecule has 512 valence electrons. The van der Waals surface area contributed by atoms with Gasteiger partial charge in [-0.05, 0) is 160 Å². The van der Waals surface area contributed by atoms with Crippen LogP contribution in [0.4, 0.5) is 46.4 Å². The predicted octanol–water partition coefficient (Wildman–Crippen LogP) is 13.8. The Labute approximate surface area is 581 Å². The number of piperazine rings is 2. The first-order valence-electron chi connectivity index (χ1n) is 36.2. The second kappa shape index (κ2) is 25.4. The highest BCUT2D eigenvalue weighted by Crippen LogP contribution is 2.52. The normalized spacial score (nSPS) is 20.2. The molecule has 0 aliphatic carbocycles. The number of hydrogen-bond acceptors (Lipinski definition) is 12. The van der Waals surface area contributed by atoms with Crippen molar-refractivity contribution < 1.29 is 22.7 Å². The van der Waals surface area contributed by atoms with Gasteiger partial charge in [-0.1, -0.05) is 42.5 Å². The number of nitrogens with one attached hydrogen (secondary N) is 1. The first-order chi connectivity index (χ1) is 48.9. The van der Waals surface area contributed by atoms with Crippen LogP contribution < -0.4 is 29.8 Å². The Kier molecular flexibility index (Phi) is 15.9. The van der Waals surface area contributed by atoms with Crippen molar-refractivity contribution in [2.24, 2.45) is 17.8 Å². The molecular weight excluding hydrogens is 1260 g/mol. The number of halogens is 3. The van der Waals surface area contributed by atoms with Gasteiger partial charge in [0, 0.05) is 172 Å². The maximum atomic E-state index is 16.5. The lowest BCUT2D eigenvalue weighted by molar-refractivity contribution is 0.0126. The first kappa shape index (κ1) is 62.4. The number of nitrogens with zero attached hydrogens (tertiary/aromatic N) is 14. The molecule has 0 radical (unpaired) electrons. The molecule has 8 aliphatic heterocycles. The minimum absolute atomic E-state index is 0.0317. The van der Waals surface area contributed by atoms with Crippen molar-refractivity contribution in [1.82, 2.24) is 48.7 Å². The third-order valence-electron chi connectivity index (χ3n) is 23.4. The zero-order valence-corrected chi connectivity index (χ0v) is 56.8. The number of carbonyl (C=O) groups excluding carboxylic acids is 1. The average molecular weight is 1340 g/mol. The van der Waals surface area contributed by atoms with Crippen molar-refractivity contribution >= 4 is 34.5 Å². The summed E-state index contributed by atoms with van der Waals surface area (Å²) in [6.45, 7) is 16.2. The van der Waals surface area contributed by atoms with Gasteiger partial charge in [0.25, 0.3) is 0 Å². The molecule has 4 aromatic heterocycles. The molecule has 6 aromatic carbocycles. The molecule has 8 aliphatic rings. The third kappa shape index (κ3) is 11.1. The van der Waals surface area contributed by atoms with E-state index in [4.69, 9.17) is 14.8 Å². The fourth-order valence-electron chi connectivity index (χ4n) is 18.4. The number of ether oxygens (including phenoxy) is 1. The van der Waals surface area contributed by atoms with E-state index >= 15 is 13.2 Å². The number of anilines is 5. The van der Waals surface area contributed by atoms with E-state index in [0.29, 0.717) is 45.1 Å². The molecule has 0 spiro atoms. The van der Waals surface area contributed by atoms with Gasteiger partial charge < -0.3 is 53.2 Å². The van der Waals surface area contributed by atoms with E-state index in [1.54, 1.807) is 30.3 Å². The number of aromatic nitrogens is 8. The summed E-state index contributed by atoms with van der Waals surface area (Å²) < 4.78 is 62.7. The van der Waals surface area contributed by atoms with Gasteiger partial charge in [-0.2, -0.15) is 5.10 Å². The zero-order chi connectivity index (χ0) is 67.3. The minimum atomic E-state index is -0.871. The van der Waals surface area contributed by atoms with Gasteiger partial charge in [0.2, 0.25) is 0 Å². The fourth-order valence-corrected chi connectivity index (χ4v) is 18.4. The molecular formula is C80H84F3N15O2. The van der Waals surface area contributed by atoms with Crippen molar-refractivity contribution in [3.05, 3.63) is 210 Å². The fraction of sp³-hybridized carbons (Fsp3) is 0.388. The van der Waals surface area contributed by atoms with E-state index in [0.717, 1.165) is 188 Å². The summed E-state index contributed by atoms with van der Waals surface area (Å²) in [5.41, 5.74) is 17.0. The second-order valence-corrected chi connectivity index (χ2v) is 29.5. The van der Waals surface area contributed by atoms with Crippen LogP contribution >= 0.6 is 0 Å². The molecule has 12 heterocycles. The van der Waals surface area contributed by atoms with Gasteiger partial charge in [-0.3, -0.25) is 4.68 Å². The van der Waals surface area contributed by atoms with E-state index in [9.17, 15) is 4.79 Å². The second-order valence-electron chi connectivity index (χ2n) is 29.5. The van der Waals surface area contributed by atoms with Crippen LogP contribution in [-0.2, 0) is 17.7 Å². The Morgan fingerprint density at radius 3 is 1.56 bits per heavy atom. The highest BCUT2D eigenvalue weighted by molar-refractivity contribution is 5.76. The molecule has 1 amide bonds. The lowest BCUT2D eigenvalue weighted by atomic mass is 9.84. The number of amides is 1. The minimum Gasteiger partial charge on any atom is -0.443 e. The Morgan fingerprint density at radius 1 is 0.500 bits per heavy atom. The highest BCUT2D eigenvalue weighted by atomic mass is 19.1. The largest absolute Gasteiger partial charge is 0.443 e. The van der Waals surface area contributed by atoms with Crippen LogP contribution in [-0.4, -0.2) is 147 Å². The Balaban J connectivity index is 0.467. The van der Waals surface area contributed by atoms with Crippen LogP contribution in [0, 0.1) is 35.2 Å². The summed E-state index contributed by atoms with van der Waals surface area (Å²) in [5, 5.41) is 8.28. The monoisotopic (exact) mass is 1340 g/mol. The average Bonchev–Trinajstić information content (AvgIpc) is 1.41. The lowest BCUT2D eigenvalue weighted by Crippen LogP contribution is -2.50.